The number of nitrogens with zero attached hydrogens (tertiary/aromatic N) is 2. The highest BCUT2D eigenvalue weighted by molar-refractivity contribution is 8.00. The fourth-order valence-corrected chi connectivity index (χ4v) is 3.90. The summed E-state index contributed by atoms with van der Waals surface area (Å²) >= 11 is 1.47. The summed E-state index contributed by atoms with van der Waals surface area (Å²) in [5.41, 5.74) is 3.00. The van der Waals surface area contributed by atoms with Crippen molar-refractivity contribution in [2.45, 2.75) is 36.2 Å². The molecule has 0 spiro atoms. The molecule has 0 bridgehead atoms. The molecule has 6 heteroatoms. The van der Waals surface area contributed by atoms with Crippen LogP contribution in [-0.2, 0) is 4.79 Å². The quantitative estimate of drug-likeness (QED) is 0.608. The Morgan fingerprint density at radius 1 is 1.21 bits per heavy atom. The SMILES string of the molecule is COc1cccc(-n2c(-c3ccccc3)cnc2S[C@H](C)C(=O)NC2CC2)c1. The number of aromatic nitrogens is 2. The number of carbonyl (C=O) groups excluding carboxylic acids is 1. The van der Waals surface area contributed by atoms with Crippen LogP contribution in [0.4, 0.5) is 0 Å². The molecule has 1 N–H and O–H groups in total. The van der Waals surface area contributed by atoms with Crippen molar-refractivity contribution in [3.05, 3.63) is 60.8 Å². The van der Waals surface area contributed by atoms with Gasteiger partial charge in [-0.25, -0.2) is 4.98 Å². The average Bonchev–Trinajstić information content (AvgIpc) is 3.45. The second kappa shape index (κ2) is 8.10. The van der Waals surface area contributed by atoms with Gasteiger partial charge in [-0.05, 0) is 31.9 Å². The van der Waals surface area contributed by atoms with E-state index in [0.29, 0.717) is 6.04 Å². The zero-order valence-corrected chi connectivity index (χ0v) is 16.8. The third-order valence-electron chi connectivity index (χ3n) is 4.69. The molecule has 1 heterocycles. The van der Waals surface area contributed by atoms with Gasteiger partial charge in [0.25, 0.3) is 0 Å². The maximum absolute atomic E-state index is 12.4. The summed E-state index contributed by atoms with van der Waals surface area (Å²) in [7, 11) is 1.66. The van der Waals surface area contributed by atoms with Crippen LogP contribution in [0.1, 0.15) is 19.8 Å². The lowest BCUT2D eigenvalue weighted by molar-refractivity contribution is -0.120. The van der Waals surface area contributed by atoms with E-state index in [2.05, 4.69) is 27.0 Å². The Labute approximate surface area is 169 Å². The molecule has 3 aromatic rings. The van der Waals surface area contributed by atoms with Gasteiger partial charge in [0.05, 0.1) is 29.9 Å². The van der Waals surface area contributed by atoms with E-state index in [1.165, 1.54) is 11.8 Å². The molecule has 28 heavy (non-hydrogen) atoms. The molecule has 0 aliphatic heterocycles. The van der Waals surface area contributed by atoms with Crippen molar-refractivity contribution in [2.24, 2.45) is 0 Å². The zero-order chi connectivity index (χ0) is 19.5. The number of imidazole rings is 1. The Hall–Kier alpha value is -2.73. The molecule has 4 rings (SSSR count). The Kier molecular flexibility index (Phi) is 5.39. The molecule has 0 radical (unpaired) electrons. The maximum atomic E-state index is 12.4. The number of hydrogen-bond acceptors (Lipinski definition) is 4. The lowest BCUT2D eigenvalue weighted by Gasteiger charge is -2.15. The first kappa shape index (κ1) is 18.6. The third kappa shape index (κ3) is 4.07. The molecular weight excluding hydrogens is 370 g/mol. The molecule has 1 aliphatic rings. The molecule has 5 nitrogen and oxygen atoms in total. The van der Waals surface area contributed by atoms with E-state index in [9.17, 15) is 4.79 Å². The highest BCUT2D eigenvalue weighted by Crippen LogP contribution is 2.33. The summed E-state index contributed by atoms with van der Waals surface area (Å²) in [6, 6.07) is 18.4. The van der Waals surface area contributed by atoms with E-state index in [1.54, 1.807) is 7.11 Å². The third-order valence-corrected chi connectivity index (χ3v) is 5.75. The average molecular weight is 394 g/mol. The van der Waals surface area contributed by atoms with Gasteiger partial charge in [0.1, 0.15) is 5.75 Å². The lowest BCUT2D eigenvalue weighted by atomic mass is 10.1. The summed E-state index contributed by atoms with van der Waals surface area (Å²) in [5, 5.41) is 3.63. The van der Waals surface area contributed by atoms with E-state index in [-0.39, 0.29) is 11.2 Å². The number of benzene rings is 2. The molecule has 1 aliphatic carbocycles. The number of carbonyl (C=O) groups is 1. The molecule has 1 atom stereocenters. The van der Waals surface area contributed by atoms with Gasteiger partial charge >= 0.3 is 0 Å². The van der Waals surface area contributed by atoms with Crippen LogP contribution in [0.2, 0.25) is 0 Å². The smallest absolute Gasteiger partial charge is 0.233 e. The van der Waals surface area contributed by atoms with Crippen molar-refractivity contribution < 1.29 is 9.53 Å². The molecule has 1 fully saturated rings. The molecule has 0 unspecified atom stereocenters. The summed E-state index contributed by atoms with van der Waals surface area (Å²) in [5.74, 6) is 0.842. The van der Waals surface area contributed by atoms with Crippen molar-refractivity contribution in [3.8, 4) is 22.7 Å². The number of nitrogens with one attached hydrogen (secondary N) is 1. The van der Waals surface area contributed by atoms with Crippen LogP contribution in [-0.4, -0.2) is 33.9 Å². The van der Waals surface area contributed by atoms with Gasteiger partial charge in [0.15, 0.2) is 5.16 Å². The van der Waals surface area contributed by atoms with Gasteiger partial charge in [-0.15, -0.1) is 0 Å². The van der Waals surface area contributed by atoms with Gasteiger partial charge in [-0.3, -0.25) is 9.36 Å². The van der Waals surface area contributed by atoms with Gasteiger partial charge in [-0.1, -0.05) is 48.2 Å². The summed E-state index contributed by atoms with van der Waals surface area (Å²) in [4.78, 5) is 17.1. The summed E-state index contributed by atoms with van der Waals surface area (Å²) in [6.45, 7) is 1.93. The minimum absolute atomic E-state index is 0.0638. The highest BCUT2D eigenvalue weighted by Gasteiger charge is 2.27. The predicted octanol–water partition coefficient (Wildman–Crippen LogP) is 4.31. The standard InChI is InChI=1S/C22H23N3O2S/c1-15(21(26)24-17-11-12-17)28-22-23-14-20(16-7-4-3-5-8-16)25(22)18-9-6-10-19(13-18)27-2/h3-10,13-15,17H,11-12H2,1-2H3,(H,24,26)/t15-/m1/s1. The van der Waals surface area contributed by atoms with Gasteiger partial charge in [0, 0.05) is 17.7 Å². The van der Waals surface area contributed by atoms with E-state index in [0.717, 1.165) is 40.7 Å². The van der Waals surface area contributed by atoms with Crippen LogP contribution >= 0.6 is 11.8 Å². The molecule has 1 aromatic heterocycles. The van der Waals surface area contributed by atoms with Crippen LogP contribution in [0.3, 0.4) is 0 Å². The summed E-state index contributed by atoms with van der Waals surface area (Å²) in [6.07, 6.45) is 4.03. The van der Waals surface area contributed by atoms with Crippen LogP contribution in [0, 0.1) is 0 Å². The van der Waals surface area contributed by atoms with Crippen molar-refractivity contribution >= 4 is 17.7 Å². The number of hydrogen-bond donors (Lipinski definition) is 1. The van der Waals surface area contributed by atoms with Crippen LogP contribution in [0.5, 0.6) is 5.75 Å². The largest absolute Gasteiger partial charge is 0.497 e. The number of ether oxygens (including phenoxy) is 1. The fraction of sp³-hybridized carbons (Fsp3) is 0.273. The molecule has 144 valence electrons. The Morgan fingerprint density at radius 2 is 2.00 bits per heavy atom. The molecule has 0 saturated heterocycles. The van der Waals surface area contributed by atoms with Crippen LogP contribution in [0.15, 0.2) is 66.0 Å². The second-order valence-corrected chi connectivity index (χ2v) is 8.18. The zero-order valence-electron chi connectivity index (χ0n) is 16.0. The van der Waals surface area contributed by atoms with Crippen LogP contribution < -0.4 is 10.1 Å². The fourth-order valence-electron chi connectivity index (χ4n) is 2.99. The van der Waals surface area contributed by atoms with Crippen molar-refractivity contribution in [2.75, 3.05) is 7.11 Å². The van der Waals surface area contributed by atoms with Crippen LogP contribution in [0.25, 0.3) is 16.9 Å². The molecule has 1 saturated carbocycles. The van der Waals surface area contributed by atoms with Crippen molar-refractivity contribution in [1.29, 1.82) is 0 Å². The first-order chi connectivity index (χ1) is 13.7. The second-order valence-electron chi connectivity index (χ2n) is 6.87. The monoisotopic (exact) mass is 393 g/mol. The Morgan fingerprint density at radius 3 is 2.71 bits per heavy atom. The first-order valence-electron chi connectivity index (χ1n) is 9.40. The number of amides is 1. The minimum Gasteiger partial charge on any atom is -0.497 e. The Balaban J connectivity index is 1.71. The molecule has 1 amide bonds. The maximum Gasteiger partial charge on any atom is 0.233 e. The number of rotatable bonds is 7. The van der Waals surface area contributed by atoms with Crippen molar-refractivity contribution in [1.82, 2.24) is 14.9 Å². The van der Waals surface area contributed by atoms with E-state index < -0.39 is 0 Å². The van der Waals surface area contributed by atoms with Gasteiger partial charge in [-0.2, -0.15) is 0 Å². The van der Waals surface area contributed by atoms with E-state index in [1.807, 2.05) is 55.6 Å². The lowest BCUT2D eigenvalue weighted by Crippen LogP contribution is -2.32. The predicted molar refractivity (Wildman–Crippen MR) is 112 cm³/mol. The topological polar surface area (TPSA) is 56.2 Å². The Bertz CT molecular complexity index is 967. The van der Waals surface area contributed by atoms with Gasteiger partial charge < -0.3 is 10.1 Å². The highest BCUT2D eigenvalue weighted by atomic mass is 32.2. The van der Waals surface area contributed by atoms with Crippen molar-refractivity contribution in [3.63, 3.8) is 0 Å². The summed E-state index contributed by atoms with van der Waals surface area (Å²) < 4.78 is 7.49. The van der Waals surface area contributed by atoms with Gasteiger partial charge in [0.2, 0.25) is 5.91 Å². The number of methoxy groups -OCH3 is 1. The molecular formula is C22H23N3O2S. The minimum atomic E-state index is -0.226. The first-order valence-corrected chi connectivity index (χ1v) is 10.3. The molecule has 2 aromatic carbocycles. The van der Waals surface area contributed by atoms with E-state index >= 15 is 0 Å². The normalized spacial score (nSPS) is 14.5. The van der Waals surface area contributed by atoms with E-state index in [4.69, 9.17) is 4.74 Å². The number of thioether (sulfide) groups is 1.